The zero-order valence-electron chi connectivity index (χ0n) is 6.09. The Balaban J connectivity index is 3.09. The second kappa shape index (κ2) is 2.97. The lowest BCUT2D eigenvalue weighted by Gasteiger charge is -2.00. The van der Waals surface area contributed by atoms with Gasteiger partial charge in [0.05, 0.1) is 0 Å². The van der Waals surface area contributed by atoms with Crippen LogP contribution in [0, 0.1) is 6.92 Å². The number of rotatable bonds is 1. The first-order chi connectivity index (χ1) is 4.74. The van der Waals surface area contributed by atoms with Crippen molar-refractivity contribution in [2.24, 2.45) is 0 Å². The third-order valence-corrected chi connectivity index (χ3v) is 2.27. The van der Waals surface area contributed by atoms with Crippen LogP contribution in [0.4, 0.5) is 0 Å². The molecule has 0 amide bonds. The van der Waals surface area contributed by atoms with Crippen LogP contribution in [0.3, 0.4) is 0 Å². The predicted octanol–water partition coefficient (Wildman–Crippen LogP) is 2.42. The van der Waals surface area contributed by atoms with Gasteiger partial charge in [-0.1, -0.05) is 6.07 Å². The smallest absolute Gasteiger partial charge is 0.116 e. The van der Waals surface area contributed by atoms with Crippen LogP contribution in [-0.2, 0) is 0 Å². The summed E-state index contributed by atoms with van der Waals surface area (Å²) in [5.41, 5.74) is 1.21. The molecule has 0 spiro atoms. The van der Waals surface area contributed by atoms with Gasteiger partial charge in [0.2, 0.25) is 0 Å². The summed E-state index contributed by atoms with van der Waals surface area (Å²) in [6, 6.07) is 5.40. The second-order valence-corrected chi connectivity index (χ2v) is 3.00. The molecule has 1 N–H and O–H groups in total. The second-order valence-electron chi connectivity index (χ2n) is 2.15. The van der Waals surface area contributed by atoms with Crippen LogP contribution in [0.2, 0.25) is 0 Å². The average Bonchev–Trinajstić information content (AvgIpc) is 1.94. The molecule has 0 heterocycles. The van der Waals surface area contributed by atoms with Crippen LogP contribution < -0.4 is 0 Å². The highest BCUT2D eigenvalue weighted by Gasteiger charge is 1.95. The SMILES string of the molecule is CSc1cc(O)ccc1C. The Kier molecular flexibility index (Phi) is 2.22. The van der Waals surface area contributed by atoms with Crippen molar-refractivity contribution in [2.75, 3.05) is 6.26 Å². The number of aromatic hydroxyl groups is 1. The van der Waals surface area contributed by atoms with E-state index in [0.717, 1.165) is 4.90 Å². The Morgan fingerprint density at radius 3 is 2.60 bits per heavy atom. The summed E-state index contributed by atoms with van der Waals surface area (Å²) in [5, 5.41) is 9.06. The first kappa shape index (κ1) is 7.48. The van der Waals surface area contributed by atoms with E-state index in [1.807, 2.05) is 19.2 Å². The molecule has 0 saturated heterocycles. The van der Waals surface area contributed by atoms with E-state index in [2.05, 4.69) is 0 Å². The van der Waals surface area contributed by atoms with Gasteiger partial charge in [-0.3, -0.25) is 0 Å². The topological polar surface area (TPSA) is 20.2 Å². The van der Waals surface area contributed by atoms with Gasteiger partial charge in [0, 0.05) is 4.90 Å². The molecular weight excluding hydrogens is 144 g/mol. The van der Waals surface area contributed by atoms with Gasteiger partial charge in [0.1, 0.15) is 5.75 Å². The lowest BCUT2D eigenvalue weighted by Crippen LogP contribution is -1.76. The predicted molar refractivity (Wildman–Crippen MR) is 44.6 cm³/mol. The molecule has 0 atom stereocenters. The average molecular weight is 154 g/mol. The molecule has 0 fully saturated rings. The van der Waals surface area contributed by atoms with Gasteiger partial charge in [-0.05, 0) is 30.9 Å². The molecule has 0 radical (unpaired) electrons. The third kappa shape index (κ3) is 1.45. The molecule has 0 saturated carbocycles. The number of phenolic OH excluding ortho intramolecular Hbond substituents is 1. The van der Waals surface area contributed by atoms with Crippen LogP contribution in [0.1, 0.15) is 5.56 Å². The summed E-state index contributed by atoms with van der Waals surface area (Å²) < 4.78 is 0. The van der Waals surface area contributed by atoms with E-state index in [-0.39, 0.29) is 0 Å². The highest BCUT2D eigenvalue weighted by atomic mass is 32.2. The standard InChI is InChI=1S/C8H10OS/c1-6-3-4-7(9)5-8(6)10-2/h3-5,9H,1-2H3. The van der Waals surface area contributed by atoms with Gasteiger partial charge in [0.25, 0.3) is 0 Å². The van der Waals surface area contributed by atoms with E-state index in [1.165, 1.54) is 5.56 Å². The normalized spacial score (nSPS) is 9.80. The minimum atomic E-state index is 0.343. The first-order valence-electron chi connectivity index (χ1n) is 3.07. The molecule has 10 heavy (non-hydrogen) atoms. The highest BCUT2D eigenvalue weighted by molar-refractivity contribution is 7.98. The Bertz CT molecular complexity index is 233. The van der Waals surface area contributed by atoms with Crippen molar-refractivity contribution < 1.29 is 5.11 Å². The molecule has 2 heteroatoms. The molecule has 0 aliphatic heterocycles. The molecule has 1 nitrogen and oxygen atoms in total. The van der Waals surface area contributed by atoms with Gasteiger partial charge in [-0.2, -0.15) is 0 Å². The minimum absolute atomic E-state index is 0.343. The summed E-state index contributed by atoms with van der Waals surface area (Å²) in [6.07, 6.45) is 2.00. The summed E-state index contributed by atoms with van der Waals surface area (Å²) in [5.74, 6) is 0.343. The third-order valence-electron chi connectivity index (χ3n) is 1.39. The molecule has 0 aliphatic rings. The maximum atomic E-state index is 9.06. The van der Waals surface area contributed by atoms with Gasteiger partial charge in [-0.15, -0.1) is 11.8 Å². The quantitative estimate of drug-likeness (QED) is 0.627. The van der Waals surface area contributed by atoms with E-state index < -0.39 is 0 Å². The van der Waals surface area contributed by atoms with Gasteiger partial charge >= 0.3 is 0 Å². The van der Waals surface area contributed by atoms with Crippen LogP contribution in [0.15, 0.2) is 23.1 Å². The Labute approximate surface area is 65.1 Å². The summed E-state index contributed by atoms with van der Waals surface area (Å²) in [6.45, 7) is 2.03. The van der Waals surface area contributed by atoms with Crippen LogP contribution >= 0.6 is 11.8 Å². The maximum absolute atomic E-state index is 9.06. The monoisotopic (exact) mass is 154 g/mol. The Hall–Kier alpha value is -0.630. The molecule has 1 aromatic carbocycles. The Morgan fingerprint density at radius 1 is 1.40 bits per heavy atom. The Morgan fingerprint density at radius 2 is 2.10 bits per heavy atom. The molecule has 1 aromatic rings. The van der Waals surface area contributed by atoms with E-state index in [1.54, 1.807) is 23.9 Å². The number of hydrogen-bond acceptors (Lipinski definition) is 2. The van der Waals surface area contributed by atoms with Crippen molar-refractivity contribution in [1.29, 1.82) is 0 Å². The molecule has 0 aliphatic carbocycles. The van der Waals surface area contributed by atoms with Crippen molar-refractivity contribution in [3.05, 3.63) is 23.8 Å². The molecular formula is C8H10OS. The molecule has 0 bridgehead atoms. The van der Waals surface area contributed by atoms with Gasteiger partial charge in [-0.25, -0.2) is 0 Å². The number of phenols is 1. The van der Waals surface area contributed by atoms with Crippen molar-refractivity contribution in [3.8, 4) is 5.75 Å². The lowest BCUT2D eigenvalue weighted by molar-refractivity contribution is 0.473. The van der Waals surface area contributed by atoms with Crippen molar-refractivity contribution in [2.45, 2.75) is 11.8 Å². The van der Waals surface area contributed by atoms with E-state index in [9.17, 15) is 0 Å². The fourth-order valence-electron chi connectivity index (χ4n) is 0.809. The highest BCUT2D eigenvalue weighted by Crippen LogP contribution is 2.23. The fourth-order valence-corrected chi connectivity index (χ4v) is 1.44. The molecule has 0 unspecified atom stereocenters. The van der Waals surface area contributed by atoms with Gasteiger partial charge < -0.3 is 5.11 Å². The zero-order chi connectivity index (χ0) is 7.56. The number of hydrogen-bond donors (Lipinski definition) is 1. The number of thioether (sulfide) groups is 1. The molecule has 54 valence electrons. The summed E-state index contributed by atoms with van der Waals surface area (Å²) >= 11 is 1.65. The largest absolute Gasteiger partial charge is 0.508 e. The van der Waals surface area contributed by atoms with E-state index in [0.29, 0.717) is 5.75 Å². The number of benzene rings is 1. The van der Waals surface area contributed by atoms with Crippen LogP contribution in [0.5, 0.6) is 5.75 Å². The minimum Gasteiger partial charge on any atom is -0.508 e. The summed E-state index contributed by atoms with van der Waals surface area (Å²) in [4.78, 5) is 1.14. The number of aryl methyl sites for hydroxylation is 1. The van der Waals surface area contributed by atoms with E-state index >= 15 is 0 Å². The van der Waals surface area contributed by atoms with Crippen molar-refractivity contribution >= 4 is 11.8 Å². The van der Waals surface area contributed by atoms with E-state index in [4.69, 9.17) is 5.11 Å². The van der Waals surface area contributed by atoms with Crippen LogP contribution in [0.25, 0.3) is 0 Å². The maximum Gasteiger partial charge on any atom is 0.116 e. The lowest BCUT2D eigenvalue weighted by atomic mass is 10.2. The van der Waals surface area contributed by atoms with Crippen molar-refractivity contribution in [3.63, 3.8) is 0 Å². The van der Waals surface area contributed by atoms with Crippen molar-refractivity contribution in [1.82, 2.24) is 0 Å². The zero-order valence-corrected chi connectivity index (χ0v) is 6.90. The summed E-state index contributed by atoms with van der Waals surface area (Å²) in [7, 11) is 0. The van der Waals surface area contributed by atoms with Gasteiger partial charge in [0.15, 0.2) is 0 Å². The molecule has 0 aromatic heterocycles. The fraction of sp³-hybridized carbons (Fsp3) is 0.250. The molecule has 1 rings (SSSR count). The first-order valence-corrected chi connectivity index (χ1v) is 4.30. The van der Waals surface area contributed by atoms with Crippen LogP contribution in [-0.4, -0.2) is 11.4 Å².